The largest absolute Gasteiger partial charge is 0.510 e. The highest BCUT2D eigenvalue weighted by atomic mass is 16.6. The highest BCUT2D eigenvalue weighted by molar-refractivity contribution is 5.88. The van der Waals surface area contributed by atoms with Crippen molar-refractivity contribution in [3.8, 4) is 0 Å². The molecular weight excluding hydrogens is 174 g/mol. The second kappa shape index (κ2) is 4.02. The van der Waals surface area contributed by atoms with Crippen molar-refractivity contribution in [1.82, 2.24) is 0 Å². The maximum Gasteiger partial charge on any atom is 0.364 e. The Bertz CT molecular complexity index is 327. The Morgan fingerprint density at radius 3 is 2.38 bits per heavy atom. The topological polar surface area (TPSA) is 76.0 Å². The first-order valence-electron chi connectivity index (χ1n) is 4.99. The highest BCUT2D eigenvalue weighted by Crippen LogP contribution is 2.13. The van der Waals surface area contributed by atoms with Crippen molar-refractivity contribution in [2.24, 2.45) is 5.18 Å². The van der Waals surface area contributed by atoms with E-state index < -0.39 is 29.9 Å². The van der Waals surface area contributed by atoms with Crippen LogP contribution in [0, 0.1) is 4.91 Å². The molecule has 5 nitrogen and oxygen atoms in total. The fourth-order valence-corrected chi connectivity index (χ4v) is 0.504. The van der Waals surface area contributed by atoms with Crippen molar-refractivity contribution in [3.63, 3.8) is 0 Å². The van der Waals surface area contributed by atoms with E-state index in [2.05, 4.69) is 5.18 Å². The minimum absolute atomic E-state index is 0.915. The van der Waals surface area contributed by atoms with Crippen LogP contribution in [0.3, 0.4) is 0 Å². The SMILES string of the molecule is [2H]C([2H])([2H])C(O)=C(N=O)C(=O)OC(C)(C)C. The van der Waals surface area contributed by atoms with Gasteiger partial charge in [0.05, 0.1) is 0 Å². The van der Waals surface area contributed by atoms with E-state index in [0.717, 1.165) is 0 Å². The second-order valence-corrected chi connectivity index (χ2v) is 3.29. The number of hydrogen-bond acceptors (Lipinski definition) is 5. The van der Waals surface area contributed by atoms with E-state index in [1.165, 1.54) is 20.8 Å². The Kier molecular flexibility index (Phi) is 2.18. The van der Waals surface area contributed by atoms with Gasteiger partial charge in [-0.05, 0) is 32.8 Å². The third-order valence-electron chi connectivity index (χ3n) is 0.908. The molecule has 0 radical (unpaired) electrons. The molecule has 0 unspecified atom stereocenters. The van der Waals surface area contributed by atoms with E-state index in [-0.39, 0.29) is 0 Å². The maximum absolute atomic E-state index is 11.3. The predicted molar refractivity (Wildman–Crippen MR) is 47.0 cm³/mol. The molecule has 0 saturated carbocycles. The van der Waals surface area contributed by atoms with Crippen molar-refractivity contribution in [2.45, 2.75) is 33.2 Å². The molecule has 0 amide bonds. The van der Waals surface area contributed by atoms with Crippen LogP contribution in [0.5, 0.6) is 0 Å². The van der Waals surface area contributed by atoms with Crippen LogP contribution in [-0.4, -0.2) is 16.7 Å². The first kappa shape index (κ1) is 7.06. The average molecular weight is 190 g/mol. The number of ether oxygens (including phenoxy) is 1. The Morgan fingerprint density at radius 1 is 1.54 bits per heavy atom. The van der Waals surface area contributed by atoms with Gasteiger partial charge in [0.2, 0.25) is 5.70 Å². The monoisotopic (exact) mass is 190 g/mol. The van der Waals surface area contributed by atoms with Gasteiger partial charge in [-0.1, -0.05) is 0 Å². The molecule has 0 fully saturated rings. The van der Waals surface area contributed by atoms with Crippen LogP contribution in [0.25, 0.3) is 0 Å². The zero-order chi connectivity index (χ0) is 13.1. The van der Waals surface area contributed by atoms with Crippen LogP contribution < -0.4 is 0 Å². The van der Waals surface area contributed by atoms with Gasteiger partial charge >= 0.3 is 5.97 Å². The number of nitrogens with zero attached hydrogens (tertiary/aromatic N) is 1. The molecule has 0 saturated heterocycles. The number of aliphatic hydroxyl groups is 1. The first-order valence-corrected chi connectivity index (χ1v) is 3.49. The zero-order valence-corrected chi connectivity index (χ0v) is 7.62. The average Bonchev–Trinajstić information content (AvgIpc) is 1.99. The number of carbonyl (C=O) groups is 1. The van der Waals surface area contributed by atoms with Gasteiger partial charge in [0.1, 0.15) is 11.4 Å². The number of rotatable bonds is 2. The van der Waals surface area contributed by atoms with E-state index in [9.17, 15) is 9.70 Å². The molecule has 5 heteroatoms. The molecule has 0 aromatic heterocycles. The maximum atomic E-state index is 11.3. The highest BCUT2D eigenvalue weighted by Gasteiger charge is 2.22. The van der Waals surface area contributed by atoms with Gasteiger partial charge in [0.25, 0.3) is 0 Å². The normalized spacial score (nSPS) is 17.6. The standard InChI is InChI=1S/C8H13NO4/c1-5(10)6(9-12)7(11)13-8(2,3)4/h10H,1-4H3/i1D3. The number of esters is 1. The molecule has 0 aliphatic rings. The summed E-state index contributed by atoms with van der Waals surface area (Å²) in [5.41, 5.74) is -2.04. The fourth-order valence-electron chi connectivity index (χ4n) is 0.504. The van der Waals surface area contributed by atoms with Crippen molar-refractivity contribution in [3.05, 3.63) is 16.4 Å². The summed E-state index contributed by atoms with van der Waals surface area (Å²) < 4.78 is 25.2. The molecule has 0 heterocycles. The molecule has 13 heavy (non-hydrogen) atoms. The molecule has 0 rings (SSSR count). The van der Waals surface area contributed by atoms with Gasteiger partial charge in [-0.2, -0.15) is 0 Å². The Balaban J connectivity index is 5.17. The van der Waals surface area contributed by atoms with Crippen LogP contribution in [0.1, 0.15) is 31.7 Å². The first-order chi connectivity index (χ1) is 6.99. The summed E-state index contributed by atoms with van der Waals surface area (Å²) in [5.74, 6) is -2.63. The zero-order valence-electron chi connectivity index (χ0n) is 10.6. The van der Waals surface area contributed by atoms with E-state index in [4.69, 9.17) is 14.0 Å². The summed E-state index contributed by atoms with van der Waals surface area (Å²) in [6.07, 6.45) is 0. The lowest BCUT2D eigenvalue weighted by molar-refractivity contribution is -0.150. The lowest BCUT2D eigenvalue weighted by atomic mass is 10.2. The molecule has 0 bridgehead atoms. The van der Waals surface area contributed by atoms with Crippen molar-refractivity contribution in [2.75, 3.05) is 0 Å². The quantitative estimate of drug-likeness (QED) is 0.312. The fraction of sp³-hybridized carbons (Fsp3) is 0.625. The Labute approximate surface area is 80.6 Å². The molecule has 1 N–H and O–H groups in total. The number of nitroso groups, excluding NO2 is 1. The summed E-state index contributed by atoms with van der Waals surface area (Å²) in [5, 5.41) is 11.3. The minimum atomic E-state index is -2.97. The van der Waals surface area contributed by atoms with Crippen molar-refractivity contribution < 1.29 is 18.8 Å². The van der Waals surface area contributed by atoms with Crippen LogP contribution in [0.2, 0.25) is 0 Å². The number of hydrogen-bond donors (Lipinski definition) is 1. The second-order valence-electron chi connectivity index (χ2n) is 3.29. The minimum Gasteiger partial charge on any atom is -0.510 e. The molecule has 0 aliphatic heterocycles. The summed E-state index contributed by atoms with van der Waals surface area (Å²) in [6, 6.07) is 0. The third-order valence-corrected chi connectivity index (χ3v) is 0.908. The molecule has 0 aromatic rings. The number of allylic oxidation sites excluding steroid dienone is 1. The van der Waals surface area contributed by atoms with Gasteiger partial charge in [0.15, 0.2) is 0 Å². The molecule has 0 aliphatic carbocycles. The molecular formula is C8H13NO4. The predicted octanol–water partition coefficient (Wildman–Crippen LogP) is 1.88. The Hall–Kier alpha value is -1.39. The van der Waals surface area contributed by atoms with Gasteiger partial charge in [0, 0.05) is 4.11 Å². The van der Waals surface area contributed by atoms with Gasteiger partial charge in [-0.15, -0.1) is 4.91 Å². The smallest absolute Gasteiger partial charge is 0.364 e. The lowest BCUT2D eigenvalue weighted by Crippen LogP contribution is -2.24. The van der Waals surface area contributed by atoms with Crippen molar-refractivity contribution in [1.29, 1.82) is 0 Å². The van der Waals surface area contributed by atoms with Crippen LogP contribution in [-0.2, 0) is 9.53 Å². The van der Waals surface area contributed by atoms with Crippen LogP contribution >= 0.6 is 0 Å². The number of carbonyl (C=O) groups excluding carboxylic acids is 1. The molecule has 0 aromatic carbocycles. The summed E-state index contributed by atoms with van der Waals surface area (Å²) in [4.78, 5) is 21.6. The Morgan fingerprint density at radius 2 is 2.08 bits per heavy atom. The van der Waals surface area contributed by atoms with E-state index in [0.29, 0.717) is 0 Å². The summed E-state index contributed by atoms with van der Waals surface area (Å²) in [7, 11) is 0. The summed E-state index contributed by atoms with van der Waals surface area (Å²) >= 11 is 0. The van der Waals surface area contributed by atoms with Gasteiger partial charge in [-0.3, -0.25) is 0 Å². The molecule has 0 spiro atoms. The van der Waals surface area contributed by atoms with E-state index in [1.807, 2.05) is 0 Å². The lowest BCUT2D eigenvalue weighted by Gasteiger charge is -2.18. The van der Waals surface area contributed by atoms with Gasteiger partial charge in [-0.25, -0.2) is 4.79 Å². The van der Waals surface area contributed by atoms with Crippen LogP contribution in [0.4, 0.5) is 0 Å². The van der Waals surface area contributed by atoms with Crippen molar-refractivity contribution >= 4 is 5.97 Å². The summed E-state index contributed by atoms with van der Waals surface area (Å²) in [6.45, 7) is 1.61. The van der Waals surface area contributed by atoms with E-state index >= 15 is 0 Å². The van der Waals surface area contributed by atoms with Crippen LogP contribution in [0.15, 0.2) is 16.6 Å². The van der Waals surface area contributed by atoms with Gasteiger partial charge < -0.3 is 9.84 Å². The van der Waals surface area contributed by atoms with E-state index in [1.54, 1.807) is 0 Å². The number of aliphatic hydroxyl groups excluding tert-OH is 1. The molecule has 0 atom stereocenters. The molecule has 74 valence electrons. The third kappa shape index (κ3) is 4.25.